The highest BCUT2D eigenvalue weighted by Gasteiger charge is 2.30. The molecule has 0 spiro atoms. The number of aryl methyl sites for hydroxylation is 1. The number of nitrogens with zero attached hydrogens (tertiary/aromatic N) is 1. The predicted molar refractivity (Wildman–Crippen MR) is 62.5 cm³/mol. The van der Waals surface area contributed by atoms with Crippen molar-refractivity contribution in [2.75, 3.05) is 13.6 Å². The van der Waals surface area contributed by atoms with Gasteiger partial charge in [-0.25, -0.2) is 0 Å². The molecule has 3 heteroatoms. The first-order valence-electron chi connectivity index (χ1n) is 5.71. The molecule has 0 bridgehead atoms. The summed E-state index contributed by atoms with van der Waals surface area (Å²) in [4.78, 5) is 13.4. The lowest BCUT2D eigenvalue weighted by atomic mass is 10.1. The molecule has 2 rings (SSSR count). The van der Waals surface area contributed by atoms with Gasteiger partial charge in [-0.2, -0.15) is 0 Å². The Morgan fingerprint density at radius 3 is 2.94 bits per heavy atom. The molecule has 0 N–H and O–H groups in total. The lowest BCUT2D eigenvalue weighted by molar-refractivity contribution is -0.132. The summed E-state index contributed by atoms with van der Waals surface area (Å²) < 4.78 is 5.71. The van der Waals surface area contributed by atoms with Crippen LogP contribution >= 0.6 is 0 Å². The van der Waals surface area contributed by atoms with Crippen molar-refractivity contribution in [3.8, 4) is 5.75 Å². The zero-order chi connectivity index (χ0) is 11.5. The number of carbonyl (C=O) groups is 1. The van der Waals surface area contributed by atoms with Gasteiger partial charge in [-0.05, 0) is 24.1 Å². The third kappa shape index (κ3) is 2.18. The van der Waals surface area contributed by atoms with Gasteiger partial charge in [0.25, 0.3) is 5.91 Å². The first kappa shape index (κ1) is 11.0. The van der Waals surface area contributed by atoms with Crippen molar-refractivity contribution in [3.05, 3.63) is 29.8 Å². The summed E-state index contributed by atoms with van der Waals surface area (Å²) in [6.45, 7) is 2.89. The summed E-state index contributed by atoms with van der Waals surface area (Å²) in [5.74, 6) is 0.884. The first-order valence-corrected chi connectivity index (χ1v) is 5.71. The van der Waals surface area contributed by atoms with E-state index in [1.54, 1.807) is 4.90 Å². The Hall–Kier alpha value is -1.51. The fourth-order valence-electron chi connectivity index (χ4n) is 1.90. The molecule has 0 radical (unpaired) electrons. The number of likely N-dealkylation sites (tertiary alicyclic amines) is 1. The van der Waals surface area contributed by atoms with Crippen molar-refractivity contribution in [2.45, 2.75) is 25.9 Å². The average molecular weight is 219 g/mol. The third-order valence-corrected chi connectivity index (χ3v) is 2.96. The van der Waals surface area contributed by atoms with Gasteiger partial charge >= 0.3 is 0 Å². The van der Waals surface area contributed by atoms with Gasteiger partial charge in [-0.3, -0.25) is 4.79 Å². The van der Waals surface area contributed by atoms with Crippen LogP contribution in [0.1, 0.15) is 18.9 Å². The normalized spacial score (nSPS) is 20.2. The summed E-state index contributed by atoms with van der Waals surface area (Å²) >= 11 is 0. The first-order chi connectivity index (χ1) is 7.70. The number of carbonyl (C=O) groups excluding carboxylic acids is 1. The van der Waals surface area contributed by atoms with E-state index in [1.807, 2.05) is 25.2 Å². The Kier molecular flexibility index (Phi) is 3.13. The van der Waals surface area contributed by atoms with E-state index < -0.39 is 0 Å². The second-order valence-corrected chi connectivity index (χ2v) is 4.16. The number of hydrogen-bond acceptors (Lipinski definition) is 2. The molecule has 1 aromatic rings. The van der Waals surface area contributed by atoms with Gasteiger partial charge in [-0.1, -0.05) is 19.1 Å². The molecule has 1 atom stereocenters. The molecule has 1 heterocycles. The maximum Gasteiger partial charge on any atom is 0.263 e. The monoisotopic (exact) mass is 219 g/mol. The van der Waals surface area contributed by atoms with Crippen LogP contribution in [0.15, 0.2) is 24.3 Å². The largest absolute Gasteiger partial charge is 0.481 e. The summed E-state index contributed by atoms with van der Waals surface area (Å²) in [7, 11) is 1.81. The van der Waals surface area contributed by atoms with E-state index in [-0.39, 0.29) is 12.0 Å². The van der Waals surface area contributed by atoms with E-state index in [2.05, 4.69) is 13.0 Å². The van der Waals surface area contributed by atoms with Gasteiger partial charge in [0.05, 0.1) is 0 Å². The molecule has 0 aromatic heterocycles. The second-order valence-electron chi connectivity index (χ2n) is 4.16. The Morgan fingerprint density at radius 2 is 2.31 bits per heavy atom. The molecule has 1 amide bonds. The number of ether oxygens (including phenoxy) is 1. The number of likely N-dealkylation sites (N-methyl/N-ethyl adjacent to an activating group) is 1. The van der Waals surface area contributed by atoms with E-state index in [0.717, 1.165) is 25.1 Å². The Morgan fingerprint density at radius 1 is 1.50 bits per heavy atom. The fraction of sp³-hybridized carbons (Fsp3) is 0.462. The van der Waals surface area contributed by atoms with Crippen molar-refractivity contribution in [2.24, 2.45) is 0 Å². The van der Waals surface area contributed by atoms with Gasteiger partial charge in [0.1, 0.15) is 5.75 Å². The Bertz CT molecular complexity index is 389. The summed E-state index contributed by atoms with van der Waals surface area (Å²) in [5.41, 5.74) is 1.23. The molecular weight excluding hydrogens is 202 g/mol. The van der Waals surface area contributed by atoms with Gasteiger partial charge in [-0.15, -0.1) is 0 Å². The predicted octanol–water partition coefficient (Wildman–Crippen LogP) is 1.86. The zero-order valence-electron chi connectivity index (χ0n) is 9.77. The quantitative estimate of drug-likeness (QED) is 0.776. The lowest BCUT2D eigenvalue weighted by Gasteiger charge is -2.13. The van der Waals surface area contributed by atoms with Crippen LogP contribution in [-0.2, 0) is 11.2 Å². The Labute approximate surface area is 96.0 Å². The van der Waals surface area contributed by atoms with Crippen molar-refractivity contribution in [1.82, 2.24) is 4.90 Å². The number of hydrogen-bond donors (Lipinski definition) is 0. The summed E-state index contributed by atoms with van der Waals surface area (Å²) in [6.07, 6.45) is 1.47. The highest BCUT2D eigenvalue weighted by atomic mass is 16.5. The molecular formula is C13H17NO2. The fourth-order valence-corrected chi connectivity index (χ4v) is 1.90. The van der Waals surface area contributed by atoms with E-state index in [1.165, 1.54) is 5.56 Å². The van der Waals surface area contributed by atoms with Crippen LogP contribution in [-0.4, -0.2) is 30.5 Å². The number of rotatable bonds is 3. The van der Waals surface area contributed by atoms with Crippen LogP contribution < -0.4 is 4.74 Å². The maximum absolute atomic E-state index is 11.7. The van der Waals surface area contributed by atoms with Crippen LogP contribution in [0.5, 0.6) is 5.75 Å². The van der Waals surface area contributed by atoms with Crippen LogP contribution in [0.3, 0.4) is 0 Å². The molecule has 16 heavy (non-hydrogen) atoms. The van der Waals surface area contributed by atoms with E-state index in [9.17, 15) is 4.79 Å². The van der Waals surface area contributed by atoms with Crippen LogP contribution in [0, 0.1) is 0 Å². The highest BCUT2D eigenvalue weighted by Crippen LogP contribution is 2.19. The minimum atomic E-state index is -0.294. The molecule has 1 unspecified atom stereocenters. The SMILES string of the molecule is CCc1cccc(OC2CCN(C)C2=O)c1. The minimum Gasteiger partial charge on any atom is -0.481 e. The minimum absolute atomic E-state index is 0.0851. The molecule has 1 saturated heterocycles. The van der Waals surface area contributed by atoms with Crippen molar-refractivity contribution in [1.29, 1.82) is 0 Å². The second kappa shape index (κ2) is 4.56. The lowest BCUT2D eigenvalue weighted by Crippen LogP contribution is -2.29. The number of benzene rings is 1. The standard InChI is InChI=1S/C13H17NO2/c1-3-10-5-4-6-11(9-10)16-12-7-8-14(2)13(12)15/h4-6,9,12H,3,7-8H2,1-2H3. The van der Waals surface area contributed by atoms with E-state index >= 15 is 0 Å². The molecule has 1 aliphatic heterocycles. The topological polar surface area (TPSA) is 29.5 Å². The Balaban J connectivity index is 2.06. The summed E-state index contributed by atoms with van der Waals surface area (Å²) in [5, 5.41) is 0. The molecule has 0 saturated carbocycles. The third-order valence-electron chi connectivity index (χ3n) is 2.96. The van der Waals surface area contributed by atoms with Gasteiger partial charge in [0.15, 0.2) is 6.10 Å². The number of amides is 1. The van der Waals surface area contributed by atoms with Crippen LogP contribution in [0.2, 0.25) is 0 Å². The van der Waals surface area contributed by atoms with E-state index in [4.69, 9.17) is 4.74 Å². The van der Waals surface area contributed by atoms with Crippen molar-refractivity contribution in [3.63, 3.8) is 0 Å². The van der Waals surface area contributed by atoms with Crippen LogP contribution in [0.25, 0.3) is 0 Å². The molecule has 1 aromatic carbocycles. The molecule has 1 aliphatic rings. The molecule has 1 fully saturated rings. The molecule has 86 valence electrons. The van der Waals surface area contributed by atoms with Gasteiger partial charge in [0.2, 0.25) is 0 Å². The zero-order valence-corrected chi connectivity index (χ0v) is 9.77. The average Bonchev–Trinajstić information content (AvgIpc) is 2.61. The molecule has 3 nitrogen and oxygen atoms in total. The smallest absolute Gasteiger partial charge is 0.263 e. The van der Waals surface area contributed by atoms with Crippen molar-refractivity contribution < 1.29 is 9.53 Å². The highest BCUT2D eigenvalue weighted by molar-refractivity contribution is 5.83. The van der Waals surface area contributed by atoms with Crippen LogP contribution in [0.4, 0.5) is 0 Å². The van der Waals surface area contributed by atoms with Crippen molar-refractivity contribution >= 4 is 5.91 Å². The van der Waals surface area contributed by atoms with E-state index in [0.29, 0.717) is 0 Å². The molecule has 0 aliphatic carbocycles. The maximum atomic E-state index is 11.7. The van der Waals surface area contributed by atoms with Gasteiger partial charge in [0, 0.05) is 20.0 Å². The van der Waals surface area contributed by atoms with Gasteiger partial charge < -0.3 is 9.64 Å². The summed E-state index contributed by atoms with van der Waals surface area (Å²) in [6, 6.07) is 7.95.